The molecule has 4 aromatic rings. The summed E-state index contributed by atoms with van der Waals surface area (Å²) in [5.74, 6) is 2.32. The van der Waals surface area contributed by atoms with Gasteiger partial charge < -0.3 is 15.2 Å². The van der Waals surface area contributed by atoms with Gasteiger partial charge in [-0.2, -0.15) is 4.37 Å². The molecule has 0 aromatic carbocycles. The van der Waals surface area contributed by atoms with Gasteiger partial charge in [0.15, 0.2) is 11.6 Å². The van der Waals surface area contributed by atoms with Gasteiger partial charge in [-0.15, -0.1) is 0 Å². The first kappa shape index (κ1) is 21.2. The predicted octanol–water partition coefficient (Wildman–Crippen LogP) is 4.51. The number of aliphatic hydroxyl groups excluding tert-OH is 1. The first-order valence-corrected chi connectivity index (χ1v) is 11.2. The molecule has 0 unspecified atom stereocenters. The van der Waals surface area contributed by atoms with Gasteiger partial charge in [0.1, 0.15) is 16.6 Å². The van der Waals surface area contributed by atoms with Crippen molar-refractivity contribution in [3.8, 4) is 11.5 Å². The van der Waals surface area contributed by atoms with Crippen LogP contribution in [0.3, 0.4) is 0 Å². The Hall–Kier alpha value is -3.08. The number of ether oxygens (including phenoxy) is 1. The number of anilines is 2. The van der Waals surface area contributed by atoms with E-state index >= 15 is 0 Å². The Morgan fingerprint density at radius 3 is 2.81 bits per heavy atom. The third-order valence-electron chi connectivity index (χ3n) is 4.12. The molecule has 4 rings (SSSR count). The molecule has 0 spiro atoms. The lowest BCUT2D eigenvalue weighted by atomic mass is 10.2. The van der Waals surface area contributed by atoms with E-state index in [0.717, 1.165) is 22.0 Å². The average Bonchev–Trinajstić information content (AvgIpc) is 3.24. The van der Waals surface area contributed by atoms with Crippen LogP contribution >= 0.6 is 23.3 Å². The van der Waals surface area contributed by atoms with E-state index in [-0.39, 0.29) is 6.61 Å². The molecule has 4 aromatic heterocycles. The highest BCUT2D eigenvalue weighted by Crippen LogP contribution is 2.36. The molecule has 0 aliphatic rings. The molecule has 31 heavy (non-hydrogen) atoms. The molecule has 10 heteroatoms. The van der Waals surface area contributed by atoms with Crippen molar-refractivity contribution >= 4 is 34.2 Å². The van der Waals surface area contributed by atoms with Crippen molar-refractivity contribution in [1.82, 2.24) is 24.3 Å². The van der Waals surface area contributed by atoms with Gasteiger partial charge >= 0.3 is 0 Å². The molecule has 0 atom stereocenters. The Bertz CT molecular complexity index is 1140. The second-order valence-electron chi connectivity index (χ2n) is 6.31. The average molecular weight is 453 g/mol. The van der Waals surface area contributed by atoms with Crippen molar-refractivity contribution in [2.75, 3.05) is 11.9 Å². The fourth-order valence-electron chi connectivity index (χ4n) is 2.69. The zero-order valence-corrected chi connectivity index (χ0v) is 18.4. The molecule has 0 saturated heterocycles. The zero-order chi connectivity index (χ0) is 21.5. The normalized spacial score (nSPS) is 10.8. The summed E-state index contributed by atoms with van der Waals surface area (Å²) in [6, 6.07) is 11.4. The quantitative estimate of drug-likeness (QED) is 0.379. The Balaban J connectivity index is 1.65. The lowest BCUT2D eigenvalue weighted by molar-refractivity contribution is 0.297. The molecule has 0 aliphatic heterocycles. The highest BCUT2D eigenvalue weighted by Gasteiger charge is 2.14. The van der Waals surface area contributed by atoms with Crippen LogP contribution < -0.4 is 10.1 Å². The lowest BCUT2D eigenvalue weighted by Crippen LogP contribution is -2.00. The van der Waals surface area contributed by atoms with E-state index in [2.05, 4.69) is 29.6 Å². The van der Waals surface area contributed by atoms with Crippen molar-refractivity contribution < 1.29 is 9.84 Å². The van der Waals surface area contributed by atoms with Crippen LogP contribution in [0, 0.1) is 0 Å². The number of aliphatic hydroxyl groups is 1. The topological polar surface area (TPSA) is 106 Å². The van der Waals surface area contributed by atoms with E-state index in [4.69, 9.17) is 9.84 Å². The molecule has 0 fully saturated rings. The van der Waals surface area contributed by atoms with Crippen molar-refractivity contribution in [2.45, 2.75) is 29.7 Å². The predicted molar refractivity (Wildman–Crippen MR) is 120 cm³/mol. The van der Waals surface area contributed by atoms with E-state index in [0.29, 0.717) is 34.7 Å². The van der Waals surface area contributed by atoms with E-state index < -0.39 is 0 Å². The summed E-state index contributed by atoms with van der Waals surface area (Å²) in [7, 11) is 0. The number of pyridine rings is 3. The molecular weight excluding hydrogens is 432 g/mol. The number of rotatable bonds is 9. The molecule has 0 saturated carbocycles. The molecule has 0 bridgehead atoms. The number of nitrogens with zero attached hydrogens (tertiary/aromatic N) is 5. The van der Waals surface area contributed by atoms with Crippen molar-refractivity contribution in [3.63, 3.8) is 0 Å². The van der Waals surface area contributed by atoms with Gasteiger partial charge in [-0.1, -0.05) is 24.8 Å². The van der Waals surface area contributed by atoms with Gasteiger partial charge in [-0.05, 0) is 30.7 Å². The van der Waals surface area contributed by atoms with Gasteiger partial charge in [-0.3, -0.25) is 4.98 Å². The second kappa shape index (κ2) is 10.3. The molecule has 8 nitrogen and oxygen atoms in total. The van der Waals surface area contributed by atoms with E-state index in [1.54, 1.807) is 18.6 Å². The minimum Gasteiger partial charge on any atom is -0.452 e. The van der Waals surface area contributed by atoms with Crippen LogP contribution in [0.15, 0.2) is 64.9 Å². The largest absolute Gasteiger partial charge is 0.452 e. The molecule has 158 valence electrons. The summed E-state index contributed by atoms with van der Waals surface area (Å²) in [5.41, 5.74) is 0.859. The smallest absolute Gasteiger partial charge is 0.208 e. The van der Waals surface area contributed by atoms with Crippen LogP contribution in [-0.2, 0) is 12.8 Å². The number of nitrogens with one attached hydrogen (secondary N) is 1. The third-order valence-corrected chi connectivity index (χ3v) is 5.70. The maximum atomic E-state index is 9.09. The summed E-state index contributed by atoms with van der Waals surface area (Å²) >= 11 is 2.71. The lowest BCUT2D eigenvalue weighted by Gasteiger charge is -2.14. The minimum atomic E-state index is 0.00300. The summed E-state index contributed by atoms with van der Waals surface area (Å²) in [6.45, 7) is 2.03. The second-order valence-corrected chi connectivity index (χ2v) is 8.15. The molecule has 0 aliphatic carbocycles. The molecule has 0 amide bonds. The molecular formula is C21H20N6O2S2. The third kappa shape index (κ3) is 5.54. The Kier molecular flexibility index (Phi) is 7.03. The SMILES string of the molecule is CCc1ncccc1Oc1cc(Sc2ccccn2)cnc1Nc1nc(CCO)ns1. The summed E-state index contributed by atoms with van der Waals surface area (Å²) < 4.78 is 10.5. The minimum absolute atomic E-state index is 0.00300. The van der Waals surface area contributed by atoms with Crippen LogP contribution in [0.25, 0.3) is 0 Å². The summed E-state index contributed by atoms with van der Waals surface area (Å²) in [5, 5.41) is 13.7. The first-order valence-electron chi connectivity index (χ1n) is 9.66. The maximum Gasteiger partial charge on any atom is 0.208 e. The fraction of sp³-hybridized carbons (Fsp3) is 0.190. The van der Waals surface area contributed by atoms with Gasteiger partial charge in [0, 0.05) is 47.5 Å². The fourth-order valence-corrected chi connectivity index (χ4v) is 4.08. The Morgan fingerprint density at radius 1 is 1.10 bits per heavy atom. The number of hydrogen-bond acceptors (Lipinski definition) is 10. The highest BCUT2D eigenvalue weighted by atomic mass is 32.2. The summed E-state index contributed by atoms with van der Waals surface area (Å²) in [4.78, 5) is 18.6. The summed E-state index contributed by atoms with van der Waals surface area (Å²) in [6.07, 6.45) is 6.42. The highest BCUT2D eigenvalue weighted by molar-refractivity contribution is 7.99. The van der Waals surface area contributed by atoms with Gasteiger partial charge in [0.2, 0.25) is 5.13 Å². The van der Waals surface area contributed by atoms with Gasteiger partial charge in [0.25, 0.3) is 0 Å². The Morgan fingerprint density at radius 2 is 2.00 bits per heavy atom. The van der Waals surface area contributed by atoms with Gasteiger partial charge in [0.05, 0.1) is 12.3 Å². The number of hydrogen-bond donors (Lipinski definition) is 2. The monoisotopic (exact) mass is 452 g/mol. The standard InChI is InChI=1S/C21H20N6O2S2/c1-2-15-16(6-5-10-22-15)29-17-12-14(30-19-7-3-4-9-23-19)13-24-20(17)26-21-25-18(8-11-28)27-31-21/h3-7,9-10,12-13,28H,2,8,11H2,1H3,(H,24,25,26,27). The number of aryl methyl sites for hydroxylation is 1. The number of aromatic nitrogens is 5. The van der Waals surface area contributed by atoms with E-state index in [1.165, 1.54) is 23.3 Å². The van der Waals surface area contributed by atoms with Crippen molar-refractivity contribution in [2.24, 2.45) is 0 Å². The zero-order valence-electron chi connectivity index (χ0n) is 16.7. The van der Waals surface area contributed by atoms with Gasteiger partial charge in [-0.25, -0.2) is 15.0 Å². The molecule has 2 N–H and O–H groups in total. The molecule has 0 radical (unpaired) electrons. The maximum absolute atomic E-state index is 9.09. The Labute approximate surface area is 188 Å². The molecule has 4 heterocycles. The van der Waals surface area contributed by atoms with Crippen LogP contribution in [0.5, 0.6) is 11.5 Å². The van der Waals surface area contributed by atoms with Crippen molar-refractivity contribution in [3.05, 3.63) is 66.5 Å². The van der Waals surface area contributed by atoms with Crippen molar-refractivity contribution in [1.29, 1.82) is 0 Å². The van der Waals surface area contributed by atoms with Crippen LogP contribution in [0.1, 0.15) is 18.4 Å². The van der Waals surface area contributed by atoms with Crippen LogP contribution in [0.4, 0.5) is 10.9 Å². The van der Waals surface area contributed by atoms with Crippen LogP contribution in [0.2, 0.25) is 0 Å². The first-order chi connectivity index (χ1) is 15.2. The van der Waals surface area contributed by atoms with Crippen LogP contribution in [-0.4, -0.2) is 36.0 Å². The van der Waals surface area contributed by atoms with E-state index in [9.17, 15) is 0 Å². The van der Waals surface area contributed by atoms with E-state index in [1.807, 2.05) is 43.3 Å².